The van der Waals surface area contributed by atoms with E-state index in [1.165, 1.54) is 24.2 Å². The predicted octanol–water partition coefficient (Wildman–Crippen LogP) is 3.05. The fourth-order valence-corrected chi connectivity index (χ4v) is 3.56. The molecule has 1 saturated carbocycles. The van der Waals surface area contributed by atoms with E-state index in [-0.39, 0.29) is 11.4 Å². The van der Waals surface area contributed by atoms with Crippen LogP contribution in [0, 0.1) is 28.6 Å². The fraction of sp³-hybridized carbons (Fsp3) is 0.375. The summed E-state index contributed by atoms with van der Waals surface area (Å²) in [5.74, 6) is 1.35. The highest BCUT2D eigenvalue weighted by Crippen LogP contribution is 2.28. The number of hydrogen-bond donors (Lipinski definition) is 2. The molecule has 116 valence electrons. The van der Waals surface area contributed by atoms with Crippen molar-refractivity contribution in [3.8, 4) is 12.1 Å². The summed E-state index contributed by atoms with van der Waals surface area (Å²) >= 11 is 1.30. The molecule has 0 atom stereocenters. The average Bonchev–Trinajstić information content (AvgIpc) is 3.18. The molecular weight excluding hydrogens is 310 g/mol. The van der Waals surface area contributed by atoms with Crippen molar-refractivity contribution < 1.29 is 0 Å². The van der Waals surface area contributed by atoms with Crippen LogP contribution in [0.1, 0.15) is 41.9 Å². The standard InChI is InChI=1S/C16H15N5OS/c17-8-11-15(19-12-5-6-23-13(12)9-18)20-14(21-16(11)22)7-10-3-1-2-4-10/h5-6,10H,1-4,7H2,(H2,19,20,21,22). The number of aromatic amines is 1. The summed E-state index contributed by atoms with van der Waals surface area (Å²) in [6.07, 6.45) is 5.45. The van der Waals surface area contributed by atoms with E-state index < -0.39 is 5.56 Å². The fourth-order valence-electron chi connectivity index (χ4n) is 2.92. The Hall–Kier alpha value is -2.64. The van der Waals surface area contributed by atoms with Crippen LogP contribution in [0.15, 0.2) is 16.2 Å². The van der Waals surface area contributed by atoms with Crippen molar-refractivity contribution in [1.82, 2.24) is 9.97 Å². The summed E-state index contributed by atoms with van der Waals surface area (Å²) < 4.78 is 0. The molecule has 0 aromatic carbocycles. The van der Waals surface area contributed by atoms with Gasteiger partial charge >= 0.3 is 0 Å². The lowest BCUT2D eigenvalue weighted by atomic mass is 10.0. The molecule has 1 aliphatic rings. The minimum Gasteiger partial charge on any atom is -0.337 e. The van der Waals surface area contributed by atoms with Gasteiger partial charge in [0.1, 0.15) is 22.8 Å². The van der Waals surface area contributed by atoms with E-state index >= 15 is 0 Å². The smallest absolute Gasteiger partial charge is 0.271 e. The van der Waals surface area contributed by atoms with Gasteiger partial charge in [-0.1, -0.05) is 25.7 Å². The van der Waals surface area contributed by atoms with Crippen LogP contribution in [0.5, 0.6) is 0 Å². The Kier molecular flexibility index (Phi) is 4.40. The Bertz CT molecular complexity index is 849. The number of nitriles is 2. The molecule has 3 rings (SSSR count). The van der Waals surface area contributed by atoms with Crippen molar-refractivity contribution in [3.63, 3.8) is 0 Å². The van der Waals surface area contributed by atoms with E-state index in [4.69, 9.17) is 5.26 Å². The highest BCUT2D eigenvalue weighted by atomic mass is 32.1. The van der Waals surface area contributed by atoms with Crippen LogP contribution in [0.4, 0.5) is 11.5 Å². The van der Waals surface area contributed by atoms with Crippen molar-refractivity contribution in [3.05, 3.63) is 38.1 Å². The number of H-pyrrole nitrogens is 1. The summed E-state index contributed by atoms with van der Waals surface area (Å²) in [4.78, 5) is 19.8. The molecule has 0 unspecified atom stereocenters. The predicted molar refractivity (Wildman–Crippen MR) is 87.6 cm³/mol. The van der Waals surface area contributed by atoms with E-state index in [1.54, 1.807) is 11.4 Å². The molecule has 0 bridgehead atoms. The van der Waals surface area contributed by atoms with E-state index in [2.05, 4.69) is 21.4 Å². The van der Waals surface area contributed by atoms with E-state index in [9.17, 15) is 10.1 Å². The van der Waals surface area contributed by atoms with E-state index in [0.717, 1.165) is 12.8 Å². The molecule has 2 aromatic heterocycles. The normalized spacial score (nSPS) is 14.3. The van der Waals surface area contributed by atoms with Gasteiger partial charge in [0.2, 0.25) is 0 Å². The second-order valence-electron chi connectivity index (χ2n) is 5.60. The van der Waals surface area contributed by atoms with Gasteiger partial charge < -0.3 is 10.3 Å². The first kappa shape index (κ1) is 15.3. The highest BCUT2D eigenvalue weighted by Gasteiger charge is 2.19. The summed E-state index contributed by atoms with van der Waals surface area (Å²) in [7, 11) is 0. The molecule has 2 N–H and O–H groups in total. The third-order valence-corrected chi connectivity index (χ3v) is 4.88. The average molecular weight is 325 g/mol. The first-order valence-corrected chi connectivity index (χ1v) is 8.37. The van der Waals surface area contributed by atoms with Gasteiger partial charge in [-0.05, 0) is 17.4 Å². The maximum Gasteiger partial charge on any atom is 0.271 e. The largest absolute Gasteiger partial charge is 0.337 e. The maximum atomic E-state index is 12.1. The molecule has 0 radical (unpaired) electrons. The van der Waals surface area contributed by atoms with Gasteiger partial charge in [-0.2, -0.15) is 10.5 Å². The lowest BCUT2D eigenvalue weighted by Gasteiger charge is -2.11. The Morgan fingerprint density at radius 3 is 2.83 bits per heavy atom. The molecule has 0 aliphatic heterocycles. The molecule has 2 aromatic rings. The van der Waals surface area contributed by atoms with Crippen LogP contribution in [-0.4, -0.2) is 9.97 Å². The quantitative estimate of drug-likeness (QED) is 0.898. The minimum atomic E-state index is -0.438. The van der Waals surface area contributed by atoms with Crippen molar-refractivity contribution in [2.45, 2.75) is 32.1 Å². The Labute approximate surface area is 137 Å². The van der Waals surface area contributed by atoms with Gasteiger partial charge in [-0.3, -0.25) is 4.79 Å². The van der Waals surface area contributed by atoms with Gasteiger partial charge in [0.05, 0.1) is 5.69 Å². The molecule has 2 heterocycles. The summed E-state index contributed by atoms with van der Waals surface area (Å²) in [6.45, 7) is 0. The van der Waals surface area contributed by atoms with Gasteiger partial charge in [-0.25, -0.2) is 4.98 Å². The van der Waals surface area contributed by atoms with E-state index in [1.807, 2.05) is 6.07 Å². The van der Waals surface area contributed by atoms with Crippen LogP contribution in [0.3, 0.4) is 0 Å². The number of rotatable bonds is 4. The Morgan fingerprint density at radius 1 is 1.35 bits per heavy atom. The molecule has 0 saturated heterocycles. The molecule has 0 amide bonds. The summed E-state index contributed by atoms with van der Waals surface area (Å²) in [5, 5.41) is 23.0. The molecule has 7 heteroatoms. The molecular formula is C16H15N5OS. The lowest BCUT2D eigenvalue weighted by molar-refractivity contribution is 0.529. The number of aromatic nitrogens is 2. The van der Waals surface area contributed by atoms with Gasteiger partial charge in [0.15, 0.2) is 11.4 Å². The SMILES string of the molecule is N#Cc1sccc1Nc1nc(CC2CCCC2)[nH]c(=O)c1C#N. The second kappa shape index (κ2) is 6.64. The van der Waals surface area contributed by atoms with Crippen molar-refractivity contribution in [1.29, 1.82) is 10.5 Å². The van der Waals surface area contributed by atoms with Crippen molar-refractivity contribution in [2.24, 2.45) is 5.92 Å². The highest BCUT2D eigenvalue weighted by molar-refractivity contribution is 7.11. The molecule has 1 aliphatic carbocycles. The van der Waals surface area contributed by atoms with Gasteiger partial charge in [0.25, 0.3) is 5.56 Å². The van der Waals surface area contributed by atoms with Crippen LogP contribution in [-0.2, 0) is 6.42 Å². The van der Waals surface area contributed by atoms with E-state index in [0.29, 0.717) is 28.7 Å². The topological polar surface area (TPSA) is 105 Å². The number of thiophene rings is 1. The molecule has 6 nitrogen and oxygen atoms in total. The second-order valence-corrected chi connectivity index (χ2v) is 6.52. The minimum absolute atomic E-state index is 0.0599. The zero-order valence-corrected chi connectivity index (χ0v) is 13.2. The first-order valence-electron chi connectivity index (χ1n) is 7.49. The molecule has 0 spiro atoms. The van der Waals surface area contributed by atoms with Crippen LogP contribution < -0.4 is 10.9 Å². The van der Waals surface area contributed by atoms with Crippen molar-refractivity contribution >= 4 is 22.8 Å². The summed E-state index contributed by atoms with van der Waals surface area (Å²) in [5.41, 5.74) is 0.0703. The lowest BCUT2D eigenvalue weighted by Crippen LogP contribution is -2.19. The molecule has 23 heavy (non-hydrogen) atoms. The number of anilines is 2. The Balaban J connectivity index is 1.94. The molecule has 1 fully saturated rings. The summed E-state index contributed by atoms with van der Waals surface area (Å²) in [6, 6.07) is 5.71. The van der Waals surface area contributed by atoms with Crippen molar-refractivity contribution in [2.75, 3.05) is 5.32 Å². The van der Waals surface area contributed by atoms with Crippen LogP contribution >= 0.6 is 11.3 Å². The number of nitrogens with zero attached hydrogens (tertiary/aromatic N) is 3. The van der Waals surface area contributed by atoms with Crippen LogP contribution in [0.2, 0.25) is 0 Å². The third-order valence-electron chi connectivity index (χ3n) is 4.06. The monoisotopic (exact) mass is 325 g/mol. The number of hydrogen-bond acceptors (Lipinski definition) is 6. The number of nitrogens with one attached hydrogen (secondary N) is 2. The van der Waals surface area contributed by atoms with Crippen LogP contribution in [0.25, 0.3) is 0 Å². The maximum absolute atomic E-state index is 12.1. The van der Waals surface area contributed by atoms with Gasteiger partial charge in [-0.15, -0.1) is 11.3 Å². The Morgan fingerprint density at radius 2 is 2.13 bits per heavy atom. The first-order chi connectivity index (χ1) is 11.2. The van der Waals surface area contributed by atoms with Gasteiger partial charge in [0, 0.05) is 6.42 Å². The zero-order valence-electron chi connectivity index (χ0n) is 12.4. The zero-order chi connectivity index (χ0) is 16.2. The third kappa shape index (κ3) is 3.25.